The lowest BCUT2D eigenvalue weighted by Crippen LogP contribution is -2.46. The number of rotatable bonds is 4. The third kappa shape index (κ3) is 3.49. The van der Waals surface area contributed by atoms with Crippen LogP contribution in [0.1, 0.15) is 38.8 Å². The average Bonchev–Trinajstić information content (AvgIpc) is 3.03. The Morgan fingerprint density at radius 2 is 1.08 bits per heavy atom. The van der Waals surface area contributed by atoms with E-state index in [1.165, 1.54) is 0 Å². The molecule has 38 heavy (non-hydrogen) atoms. The normalized spacial score (nSPS) is 16.8. The largest absolute Gasteiger partial charge is 0.310 e. The number of nitrogens with zero attached hydrogens (tertiary/aromatic N) is 1. The van der Waals surface area contributed by atoms with Crippen LogP contribution in [0.5, 0.6) is 0 Å². The minimum absolute atomic E-state index is 0.724. The van der Waals surface area contributed by atoms with E-state index < -0.39 is 16.8 Å². The van der Waals surface area contributed by atoms with Crippen molar-refractivity contribution in [1.29, 1.82) is 0 Å². The van der Waals surface area contributed by atoms with E-state index in [2.05, 4.69) is 53.4 Å². The standard InChI is InChI=1S/C35H31F2N/c1-33(2)31-20-19-25(22-32(31)34(3,4)35(33,36)37)30-23-28(21-24-13-11-12-18-29(24)30)38(26-14-7-5-8-15-26)27-16-9-6-10-17-27/h5-23H,1-4H3. The second kappa shape index (κ2) is 8.52. The van der Waals surface area contributed by atoms with Gasteiger partial charge in [0.25, 0.3) is 5.92 Å². The van der Waals surface area contributed by atoms with Crippen LogP contribution in [0.15, 0.2) is 115 Å². The Kier molecular flexibility index (Phi) is 5.47. The van der Waals surface area contributed by atoms with Gasteiger partial charge in [0.1, 0.15) is 0 Å². The van der Waals surface area contributed by atoms with Gasteiger partial charge in [0, 0.05) is 17.1 Å². The molecule has 1 nitrogen and oxygen atoms in total. The zero-order valence-corrected chi connectivity index (χ0v) is 22.2. The molecule has 190 valence electrons. The first-order chi connectivity index (χ1) is 18.1. The predicted molar refractivity (Wildman–Crippen MR) is 155 cm³/mol. The summed E-state index contributed by atoms with van der Waals surface area (Å²) in [6.45, 7) is 6.67. The van der Waals surface area contributed by atoms with Gasteiger partial charge >= 0.3 is 0 Å². The van der Waals surface area contributed by atoms with Crippen molar-refractivity contribution < 1.29 is 8.78 Å². The summed E-state index contributed by atoms with van der Waals surface area (Å²) in [7, 11) is 0. The molecule has 0 unspecified atom stereocenters. The minimum atomic E-state index is -2.86. The number of hydrogen-bond acceptors (Lipinski definition) is 1. The zero-order chi connectivity index (χ0) is 26.7. The summed E-state index contributed by atoms with van der Waals surface area (Å²) >= 11 is 0. The molecular weight excluding hydrogens is 472 g/mol. The van der Waals surface area contributed by atoms with E-state index in [1.807, 2.05) is 66.7 Å². The minimum Gasteiger partial charge on any atom is -0.310 e. The molecule has 0 aromatic heterocycles. The van der Waals surface area contributed by atoms with Crippen molar-refractivity contribution in [2.45, 2.75) is 44.4 Å². The molecule has 1 aliphatic rings. The molecule has 5 aromatic carbocycles. The Morgan fingerprint density at radius 3 is 1.71 bits per heavy atom. The lowest BCUT2D eigenvalue weighted by Gasteiger charge is -2.35. The maximum Gasteiger partial charge on any atom is 0.266 e. The van der Waals surface area contributed by atoms with Crippen LogP contribution in [0.3, 0.4) is 0 Å². The van der Waals surface area contributed by atoms with Gasteiger partial charge in [-0.05, 0) is 97.1 Å². The van der Waals surface area contributed by atoms with Crippen molar-refractivity contribution in [1.82, 2.24) is 0 Å². The molecule has 0 radical (unpaired) electrons. The summed E-state index contributed by atoms with van der Waals surface area (Å²) in [6.07, 6.45) is 0. The third-order valence-electron chi connectivity index (χ3n) is 8.38. The smallest absolute Gasteiger partial charge is 0.266 e. The van der Waals surface area contributed by atoms with E-state index >= 15 is 8.78 Å². The predicted octanol–water partition coefficient (Wildman–Crippen LogP) is 10.2. The molecule has 6 rings (SSSR count). The lowest BCUT2D eigenvalue weighted by molar-refractivity contribution is -0.105. The van der Waals surface area contributed by atoms with Crippen LogP contribution < -0.4 is 4.90 Å². The van der Waals surface area contributed by atoms with Gasteiger partial charge in [-0.25, -0.2) is 8.78 Å². The highest BCUT2D eigenvalue weighted by molar-refractivity contribution is 6.01. The summed E-state index contributed by atoms with van der Waals surface area (Å²) in [6, 6.07) is 39.2. The molecular formula is C35H31F2N. The van der Waals surface area contributed by atoms with Crippen LogP contribution in [0.2, 0.25) is 0 Å². The Bertz CT molecular complexity index is 1600. The lowest BCUT2D eigenvalue weighted by atomic mass is 9.77. The van der Waals surface area contributed by atoms with Gasteiger partial charge < -0.3 is 4.90 Å². The highest BCUT2D eigenvalue weighted by atomic mass is 19.3. The van der Waals surface area contributed by atoms with E-state index in [-0.39, 0.29) is 0 Å². The molecule has 0 saturated heterocycles. The number of fused-ring (bicyclic) bond motifs is 2. The van der Waals surface area contributed by atoms with E-state index in [4.69, 9.17) is 0 Å². The number of para-hydroxylation sites is 2. The third-order valence-corrected chi connectivity index (χ3v) is 8.38. The second-order valence-corrected chi connectivity index (χ2v) is 11.3. The Balaban J connectivity index is 1.60. The monoisotopic (exact) mass is 503 g/mol. The van der Waals surface area contributed by atoms with Crippen molar-refractivity contribution in [2.75, 3.05) is 4.90 Å². The van der Waals surface area contributed by atoms with Crippen LogP contribution in [-0.4, -0.2) is 5.92 Å². The van der Waals surface area contributed by atoms with Crippen molar-refractivity contribution in [3.8, 4) is 11.1 Å². The van der Waals surface area contributed by atoms with Crippen molar-refractivity contribution in [3.05, 3.63) is 126 Å². The zero-order valence-electron chi connectivity index (χ0n) is 22.2. The van der Waals surface area contributed by atoms with Crippen LogP contribution in [-0.2, 0) is 10.8 Å². The molecule has 0 saturated carbocycles. The highest BCUT2D eigenvalue weighted by Gasteiger charge is 2.65. The second-order valence-electron chi connectivity index (χ2n) is 11.3. The van der Waals surface area contributed by atoms with Crippen LogP contribution in [0.4, 0.5) is 25.8 Å². The molecule has 0 aliphatic heterocycles. The quantitative estimate of drug-likeness (QED) is 0.236. The van der Waals surface area contributed by atoms with Gasteiger partial charge in [0.05, 0.1) is 10.8 Å². The molecule has 0 fully saturated rings. The first-order valence-corrected chi connectivity index (χ1v) is 13.1. The first kappa shape index (κ1) is 24.4. The molecule has 0 heterocycles. The fraction of sp³-hybridized carbons (Fsp3) is 0.200. The number of anilines is 3. The molecule has 3 heteroatoms. The SMILES string of the molecule is CC1(C)c2ccc(-c3cc(N(c4ccccc4)c4ccccc4)cc4ccccc34)cc2C(C)(C)C1(F)F. The number of benzene rings is 5. The van der Waals surface area contributed by atoms with Crippen molar-refractivity contribution in [2.24, 2.45) is 0 Å². The molecule has 0 atom stereocenters. The van der Waals surface area contributed by atoms with Gasteiger partial charge in [-0.15, -0.1) is 0 Å². The van der Waals surface area contributed by atoms with Crippen LogP contribution >= 0.6 is 0 Å². The maximum atomic E-state index is 15.6. The van der Waals surface area contributed by atoms with Gasteiger partial charge in [-0.3, -0.25) is 0 Å². The molecule has 5 aromatic rings. The summed E-state index contributed by atoms with van der Waals surface area (Å²) in [5, 5.41) is 2.20. The highest BCUT2D eigenvalue weighted by Crippen LogP contribution is 2.60. The van der Waals surface area contributed by atoms with Gasteiger partial charge in [-0.2, -0.15) is 0 Å². The Hall–Kier alpha value is -3.98. The summed E-state index contributed by atoms with van der Waals surface area (Å²) in [5.41, 5.74) is 4.05. The van der Waals surface area contributed by atoms with Gasteiger partial charge in [-0.1, -0.05) is 78.9 Å². The van der Waals surface area contributed by atoms with E-state index in [0.29, 0.717) is 0 Å². The first-order valence-electron chi connectivity index (χ1n) is 13.1. The molecule has 1 aliphatic carbocycles. The number of halogens is 2. The topological polar surface area (TPSA) is 3.24 Å². The average molecular weight is 504 g/mol. The molecule has 0 amide bonds. The van der Waals surface area contributed by atoms with Crippen LogP contribution in [0, 0.1) is 0 Å². The molecule has 0 spiro atoms. The van der Waals surface area contributed by atoms with Crippen molar-refractivity contribution >= 4 is 27.8 Å². The number of alkyl halides is 2. The van der Waals surface area contributed by atoms with Gasteiger partial charge in [0.15, 0.2) is 0 Å². The Morgan fingerprint density at radius 1 is 0.526 bits per heavy atom. The molecule has 0 bridgehead atoms. The van der Waals surface area contributed by atoms with E-state index in [9.17, 15) is 0 Å². The maximum absolute atomic E-state index is 15.6. The van der Waals surface area contributed by atoms with Crippen LogP contribution in [0.25, 0.3) is 21.9 Å². The van der Waals surface area contributed by atoms with E-state index in [0.717, 1.165) is 50.1 Å². The summed E-state index contributed by atoms with van der Waals surface area (Å²) < 4.78 is 31.2. The summed E-state index contributed by atoms with van der Waals surface area (Å²) in [4.78, 5) is 2.24. The fourth-order valence-corrected chi connectivity index (χ4v) is 6.16. The van der Waals surface area contributed by atoms with Gasteiger partial charge in [0.2, 0.25) is 0 Å². The van der Waals surface area contributed by atoms with Crippen molar-refractivity contribution in [3.63, 3.8) is 0 Å². The van der Waals surface area contributed by atoms with E-state index in [1.54, 1.807) is 27.7 Å². The Labute approximate surface area is 223 Å². The number of hydrogen-bond donors (Lipinski definition) is 0. The molecule has 0 N–H and O–H groups in total. The summed E-state index contributed by atoms with van der Waals surface area (Å²) in [5.74, 6) is -2.86. The fourth-order valence-electron chi connectivity index (χ4n) is 6.16.